The van der Waals surface area contributed by atoms with Crippen LogP contribution in [-0.4, -0.2) is 68.8 Å². The summed E-state index contributed by atoms with van der Waals surface area (Å²) in [5, 5.41) is 0. The summed E-state index contributed by atoms with van der Waals surface area (Å²) in [7, 11) is 0. The molecular weight excluding hydrogens is 557 g/mol. The highest BCUT2D eigenvalue weighted by atomic mass is 19.1. The lowest BCUT2D eigenvalue weighted by atomic mass is 10.0. The molecule has 8 nitrogen and oxygen atoms in total. The van der Waals surface area contributed by atoms with Gasteiger partial charge in [0.05, 0.1) is 24.7 Å². The molecule has 43 heavy (non-hydrogen) atoms. The molecule has 0 radical (unpaired) electrons. The fraction of sp³-hybridized carbons (Fsp3) is 0.438. The van der Waals surface area contributed by atoms with Crippen LogP contribution in [0, 0.1) is 23.4 Å². The van der Waals surface area contributed by atoms with E-state index in [1.54, 1.807) is 14.4 Å². The van der Waals surface area contributed by atoms with Gasteiger partial charge < -0.3 is 9.47 Å². The number of amides is 2. The van der Waals surface area contributed by atoms with Crippen molar-refractivity contribution in [2.75, 3.05) is 24.5 Å². The van der Waals surface area contributed by atoms with Crippen LogP contribution in [0.2, 0.25) is 0 Å². The van der Waals surface area contributed by atoms with Gasteiger partial charge in [0.15, 0.2) is 5.69 Å². The first-order chi connectivity index (χ1) is 20.6. The first kappa shape index (κ1) is 28.9. The zero-order chi connectivity index (χ0) is 30.6. The lowest BCUT2D eigenvalue weighted by Crippen LogP contribution is -2.50. The number of benzene rings is 2. The molecule has 3 aromatic rings. The van der Waals surface area contributed by atoms with Gasteiger partial charge in [-0.2, -0.15) is 0 Å². The predicted octanol–water partition coefficient (Wildman–Crippen LogP) is 5.71. The Labute approximate surface area is 248 Å². The van der Waals surface area contributed by atoms with Crippen molar-refractivity contribution < 1.29 is 22.8 Å². The second-order valence-electron chi connectivity index (χ2n) is 11.9. The Balaban J connectivity index is 1.52. The van der Waals surface area contributed by atoms with Gasteiger partial charge in [-0.15, -0.1) is 0 Å². The summed E-state index contributed by atoms with van der Waals surface area (Å²) >= 11 is 0. The Hall–Kier alpha value is -4.15. The lowest BCUT2D eigenvalue weighted by Gasteiger charge is -2.34. The van der Waals surface area contributed by atoms with Crippen LogP contribution in [0.1, 0.15) is 73.4 Å². The maximum atomic E-state index is 15.2. The third-order valence-electron chi connectivity index (χ3n) is 8.73. The van der Waals surface area contributed by atoms with Gasteiger partial charge in [0.25, 0.3) is 11.8 Å². The van der Waals surface area contributed by atoms with E-state index in [2.05, 4.69) is 13.8 Å². The highest BCUT2D eigenvalue weighted by Crippen LogP contribution is 2.38. The molecule has 0 N–H and O–H groups in total. The minimum Gasteiger partial charge on any atom is -0.336 e. The summed E-state index contributed by atoms with van der Waals surface area (Å²) in [6, 6.07) is 7.45. The average molecular weight is 593 g/mol. The third-order valence-corrected chi connectivity index (χ3v) is 8.73. The molecule has 0 bridgehead atoms. The first-order valence-electron chi connectivity index (χ1n) is 14.9. The van der Waals surface area contributed by atoms with Gasteiger partial charge in [0.2, 0.25) is 5.96 Å². The Bertz CT molecular complexity index is 1630. The first-order valence-corrected chi connectivity index (χ1v) is 14.9. The fourth-order valence-corrected chi connectivity index (χ4v) is 6.22. The van der Waals surface area contributed by atoms with Gasteiger partial charge >= 0.3 is 0 Å². The molecule has 0 spiro atoms. The number of nitrogens with zero attached hydrogens (tertiary/aromatic N) is 6. The molecule has 1 saturated heterocycles. The highest BCUT2D eigenvalue weighted by molar-refractivity contribution is 6.18. The number of imidazole rings is 1. The number of anilines is 1. The molecule has 2 aromatic carbocycles. The SMILES string of the molecule is CCN1C(=O)c2nc(-c3ccc(F)c(C(=O)N4CCCCC4C)c3)n(Cc3ccc(F)cc3F)c2N2CC(C(C)C)N=C12. The van der Waals surface area contributed by atoms with Crippen LogP contribution in [0.5, 0.6) is 0 Å². The normalized spacial score (nSPS) is 20.0. The maximum absolute atomic E-state index is 15.2. The molecule has 2 amide bonds. The van der Waals surface area contributed by atoms with Gasteiger partial charge in [-0.25, -0.2) is 23.1 Å². The van der Waals surface area contributed by atoms with Gasteiger partial charge in [-0.3, -0.25) is 19.4 Å². The minimum atomic E-state index is -0.741. The number of guanidine groups is 1. The second kappa shape index (κ2) is 11.2. The van der Waals surface area contributed by atoms with E-state index in [-0.39, 0.29) is 53.1 Å². The lowest BCUT2D eigenvalue weighted by molar-refractivity contribution is 0.0630. The predicted molar refractivity (Wildman–Crippen MR) is 158 cm³/mol. The molecule has 4 heterocycles. The molecule has 3 aliphatic heterocycles. The zero-order valence-corrected chi connectivity index (χ0v) is 24.8. The van der Waals surface area contributed by atoms with Crippen molar-refractivity contribution in [3.8, 4) is 11.4 Å². The van der Waals surface area contributed by atoms with Crippen LogP contribution in [0.3, 0.4) is 0 Å². The van der Waals surface area contributed by atoms with E-state index < -0.39 is 23.4 Å². The number of aromatic nitrogens is 2. The molecule has 6 rings (SSSR count). The van der Waals surface area contributed by atoms with Crippen LogP contribution < -0.4 is 4.90 Å². The molecule has 0 saturated carbocycles. The van der Waals surface area contributed by atoms with Crippen molar-refractivity contribution in [3.05, 3.63) is 70.7 Å². The van der Waals surface area contributed by atoms with Crippen LogP contribution in [0.25, 0.3) is 11.4 Å². The Kier molecular flexibility index (Phi) is 7.52. The number of hydrogen-bond donors (Lipinski definition) is 0. The summed E-state index contributed by atoms with van der Waals surface area (Å²) in [5.74, 6) is -1.44. The van der Waals surface area contributed by atoms with Crippen molar-refractivity contribution in [1.29, 1.82) is 0 Å². The number of piperidine rings is 1. The highest BCUT2D eigenvalue weighted by Gasteiger charge is 2.44. The van der Waals surface area contributed by atoms with Crippen molar-refractivity contribution in [1.82, 2.24) is 19.4 Å². The van der Waals surface area contributed by atoms with E-state index in [1.165, 1.54) is 30.3 Å². The molecule has 226 valence electrons. The number of rotatable bonds is 6. The van der Waals surface area contributed by atoms with Gasteiger partial charge in [0, 0.05) is 36.3 Å². The van der Waals surface area contributed by atoms with E-state index in [0.29, 0.717) is 37.0 Å². The molecule has 1 fully saturated rings. The number of fused-ring (bicyclic) bond motifs is 3. The van der Waals surface area contributed by atoms with Gasteiger partial charge in [0.1, 0.15) is 29.1 Å². The van der Waals surface area contributed by atoms with Crippen LogP contribution >= 0.6 is 0 Å². The Morgan fingerprint density at radius 3 is 2.56 bits per heavy atom. The number of likely N-dealkylation sites (tertiary alicyclic amines) is 1. The quantitative estimate of drug-likeness (QED) is 0.368. The summed E-state index contributed by atoms with van der Waals surface area (Å²) in [4.78, 5) is 42.1. The van der Waals surface area contributed by atoms with Crippen molar-refractivity contribution in [3.63, 3.8) is 0 Å². The number of carbonyl (C=O) groups is 2. The largest absolute Gasteiger partial charge is 0.336 e. The Morgan fingerprint density at radius 2 is 1.86 bits per heavy atom. The molecule has 2 unspecified atom stereocenters. The Morgan fingerprint density at radius 1 is 1.07 bits per heavy atom. The van der Waals surface area contributed by atoms with Crippen molar-refractivity contribution in [2.24, 2.45) is 10.9 Å². The van der Waals surface area contributed by atoms with Crippen LogP contribution in [0.15, 0.2) is 41.4 Å². The van der Waals surface area contributed by atoms with E-state index in [9.17, 15) is 14.0 Å². The molecule has 2 atom stereocenters. The van der Waals surface area contributed by atoms with E-state index in [1.807, 2.05) is 18.7 Å². The molecule has 1 aromatic heterocycles. The topological polar surface area (TPSA) is 74.0 Å². The molecule has 0 aliphatic carbocycles. The smallest absolute Gasteiger partial charge is 0.283 e. The van der Waals surface area contributed by atoms with E-state index >= 15 is 8.78 Å². The summed E-state index contributed by atoms with van der Waals surface area (Å²) < 4.78 is 45.7. The van der Waals surface area contributed by atoms with Gasteiger partial charge in [-0.1, -0.05) is 19.9 Å². The van der Waals surface area contributed by atoms with E-state index in [4.69, 9.17) is 9.98 Å². The fourth-order valence-electron chi connectivity index (χ4n) is 6.22. The molecular formula is C32H35F3N6O2. The molecule has 11 heteroatoms. The number of aliphatic imine (C=N–C) groups is 1. The maximum Gasteiger partial charge on any atom is 0.283 e. The molecule has 3 aliphatic rings. The number of halogens is 3. The van der Waals surface area contributed by atoms with Crippen LogP contribution in [-0.2, 0) is 6.54 Å². The second-order valence-corrected chi connectivity index (χ2v) is 11.9. The average Bonchev–Trinajstić information content (AvgIpc) is 3.58. The minimum absolute atomic E-state index is 0.0144. The van der Waals surface area contributed by atoms with E-state index in [0.717, 1.165) is 25.3 Å². The van der Waals surface area contributed by atoms with Gasteiger partial charge in [-0.05, 0) is 63.3 Å². The monoisotopic (exact) mass is 592 g/mol. The number of carbonyl (C=O) groups excluding carboxylic acids is 2. The summed E-state index contributed by atoms with van der Waals surface area (Å²) in [6.45, 7) is 9.26. The third kappa shape index (κ3) is 4.98. The van der Waals surface area contributed by atoms with Crippen LogP contribution in [0.4, 0.5) is 19.0 Å². The summed E-state index contributed by atoms with van der Waals surface area (Å²) in [6.07, 6.45) is 2.71. The standard InChI is InChI=1S/C32H35F3N6O2/c1-5-38-31(43)27-29(41-17-26(18(2)3)36-32(38)41)40(16-21-9-11-22(33)15-25(21)35)28(37-27)20-10-12-24(34)23(14-20)30(42)39-13-7-6-8-19(39)4/h9-12,14-15,18-19,26H,5-8,13,16-17H2,1-4H3. The van der Waals surface area contributed by atoms with Crippen molar-refractivity contribution >= 4 is 23.6 Å². The summed E-state index contributed by atoms with van der Waals surface area (Å²) in [5.41, 5.74) is 0.660. The number of hydrogen-bond acceptors (Lipinski definition) is 5. The zero-order valence-electron chi connectivity index (χ0n) is 24.8. The van der Waals surface area contributed by atoms with Crippen molar-refractivity contribution in [2.45, 2.75) is 65.6 Å².